The standard InChI is InChI=1S/C27H28N2O6/c1-33-24-14-13-21(15-22(24)26(31)34-2)17-28-25(30)23(16-19-9-5-3-6-10-19)29-27(32)35-18-20-11-7-4-8-12-20/h3-15,23H,16-18H2,1-2H3,(H,28,30)(H,29,32)/t23-/m0/s1. The molecule has 0 saturated heterocycles. The van der Waals surface area contributed by atoms with Crippen LogP contribution in [0.3, 0.4) is 0 Å². The molecule has 0 spiro atoms. The minimum atomic E-state index is -0.862. The number of ether oxygens (including phenoxy) is 3. The number of hydrogen-bond donors (Lipinski definition) is 2. The van der Waals surface area contributed by atoms with Crippen LogP contribution in [0.1, 0.15) is 27.0 Å². The third kappa shape index (κ3) is 7.60. The van der Waals surface area contributed by atoms with Crippen LogP contribution in [-0.2, 0) is 33.8 Å². The van der Waals surface area contributed by atoms with Gasteiger partial charge in [0.15, 0.2) is 0 Å². The van der Waals surface area contributed by atoms with Crippen LogP contribution in [0.4, 0.5) is 4.79 Å². The van der Waals surface area contributed by atoms with E-state index in [2.05, 4.69) is 10.6 Å². The second-order valence-electron chi connectivity index (χ2n) is 7.69. The van der Waals surface area contributed by atoms with Gasteiger partial charge < -0.3 is 24.8 Å². The van der Waals surface area contributed by atoms with Crippen LogP contribution in [0, 0.1) is 0 Å². The highest BCUT2D eigenvalue weighted by Gasteiger charge is 2.22. The van der Waals surface area contributed by atoms with E-state index in [4.69, 9.17) is 14.2 Å². The summed E-state index contributed by atoms with van der Waals surface area (Å²) in [4.78, 5) is 37.5. The molecule has 2 amide bonds. The van der Waals surface area contributed by atoms with Crippen molar-refractivity contribution in [3.05, 3.63) is 101 Å². The van der Waals surface area contributed by atoms with Crippen LogP contribution in [0.2, 0.25) is 0 Å². The molecule has 0 unspecified atom stereocenters. The van der Waals surface area contributed by atoms with E-state index >= 15 is 0 Å². The first-order valence-corrected chi connectivity index (χ1v) is 11.0. The Balaban J connectivity index is 1.67. The van der Waals surface area contributed by atoms with Gasteiger partial charge in [-0.25, -0.2) is 9.59 Å². The summed E-state index contributed by atoms with van der Waals surface area (Å²) in [6.45, 7) is 0.230. The van der Waals surface area contributed by atoms with Crippen LogP contribution < -0.4 is 15.4 Å². The Morgan fingerprint density at radius 1 is 0.829 bits per heavy atom. The number of amides is 2. The quantitative estimate of drug-likeness (QED) is 0.433. The van der Waals surface area contributed by atoms with Gasteiger partial charge >= 0.3 is 12.1 Å². The molecule has 0 heterocycles. The van der Waals surface area contributed by atoms with Crippen molar-refractivity contribution in [1.29, 1.82) is 0 Å². The Labute approximate surface area is 204 Å². The topological polar surface area (TPSA) is 103 Å². The van der Waals surface area contributed by atoms with Gasteiger partial charge in [-0.1, -0.05) is 66.7 Å². The van der Waals surface area contributed by atoms with Gasteiger partial charge in [0.05, 0.1) is 14.2 Å². The lowest BCUT2D eigenvalue weighted by atomic mass is 10.0. The van der Waals surface area contributed by atoms with E-state index in [0.717, 1.165) is 11.1 Å². The van der Waals surface area contributed by atoms with Crippen LogP contribution in [0.15, 0.2) is 78.9 Å². The van der Waals surface area contributed by atoms with Crippen LogP contribution >= 0.6 is 0 Å². The zero-order valence-electron chi connectivity index (χ0n) is 19.7. The Morgan fingerprint density at radius 2 is 1.49 bits per heavy atom. The number of benzene rings is 3. The fraction of sp³-hybridized carbons (Fsp3) is 0.222. The third-order valence-electron chi connectivity index (χ3n) is 5.24. The molecular formula is C27H28N2O6. The number of nitrogens with one attached hydrogen (secondary N) is 2. The lowest BCUT2D eigenvalue weighted by Crippen LogP contribution is -2.48. The van der Waals surface area contributed by atoms with Crippen LogP contribution in [0.5, 0.6) is 5.75 Å². The molecule has 182 valence electrons. The number of alkyl carbamates (subject to hydrolysis) is 1. The lowest BCUT2D eigenvalue weighted by Gasteiger charge is -2.19. The summed E-state index contributed by atoms with van der Waals surface area (Å²) >= 11 is 0. The van der Waals surface area contributed by atoms with Crippen molar-refractivity contribution in [3.63, 3.8) is 0 Å². The first-order chi connectivity index (χ1) is 17.0. The molecule has 0 radical (unpaired) electrons. The van der Waals surface area contributed by atoms with Crippen LogP contribution in [0.25, 0.3) is 0 Å². The largest absolute Gasteiger partial charge is 0.496 e. The Hall–Kier alpha value is -4.33. The van der Waals surface area contributed by atoms with E-state index in [-0.39, 0.29) is 31.0 Å². The second kappa shape index (κ2) is 12.8. The molecule has 35 heavy (non-hydrogen) atoms. The van der Waals surface area contributed by atoms with Crippen molar-refractivity contribution in [2.24, 2.45) is 0 Å². The molecule has 1 atom stereocenters. The molecular weight excluding hydrogens is 448 g/mol. The summed E-state index contributed by atoms with van der Waals surface area (Å²) in [5.41, 5.74) is 2.65. The van der Waals surface area contributed by atoms with Crippen molar-refractivity contribution in [3.8, 4) is 5.75 Å². The Kier molecular flexibility index (Phi) is 9.24. The fourth-order valence-corrected chi connectivity index (χ4v) is 3.41. The maximum absolute atomic E-state index is 13.0. The maximum Gasteiger partial charge on any atom is 0.408 e. The molecule has 0 aromatic heterocycles. The predicted molar refractivity (Wildman–Crippen MR) is 130 cm³/mol. The summed E-state index contributed by atoms with van der Waals surface area (Å²) in [6.07, 6.45) is -0.411. The van der Waals surface area contributed by atoms with Crippen molar-refractivity contribution in [1.82, 2.24) is 10.6 Å². The fourth-order valence-electron chi connectivity index (χ4n) is 3.41. The van der Waals surface area contributed by atoms with Gasteiger partial charge in [-0.3, -0.25) is 4.79 Å². The molecule has 0 aliphatic rings. The molecule has 8 heteroatoms. The first kappa shape index (κ1) is 25.3. The average molecular weight is 477 g/mol. The summed E-state index contributed by atoms with van der Waals surface area (Å²) in [7, 11) is 2.74. The molecule has 3 aromatic rings. The van der Waals surface area contributed by atoms with Gasteiger partial charge in [-0.05, 0) is 28.8 Å². The average Bonchev–Trinajstić information content (AvgIpc) is 2.90. The number of esters is 1. The summed E-state index contributed by atoms with van der Waals surface area (Å²) in [5, 5.41) is 5.48. The minimum absolute atomic E-state index is 0.0918. The first-order valence-electron chi connectivity index (χ1n) is 11.0. The molecule has 2 N–H and O–H groups in total. The van der Waals surface area contributed by atoms with E-state index in [1.54, 1.807) is 18.2 Å². The van der Waals surface area contributed by atoms with E-state index in [0.29, 0.717) is 11.3 Å². The Bertz CT molecular complexity index is 1130. The van der Waals surface area contributed by atoms with Gasteiger partial charge in [0.1, 0.15) is 24.0 Å². The number of methoxy groups -OCH3 is 2. The molecule has 3 rings (SSSR count). The van der Waals surface area contributed by atoms with E-state index in [1.165, 1.54) is 14.2 Å². The van der Waals surface area contributed by atoms with E-state index in [1.807, 2.05) is 60.7 Å². The third-order valence-corrected chi connectivity index (χ3v) is 5.24. The number of hydrogen-bond acceptors (Lipinski definition) is 6. The van der Waals surface area contributed by atoms with Gasteiger partial charge in [-0.2, -0.15) is 0 Å². The van der Waals surface area contributed by atoms with E-state index in [9.17, 15) is 14.4 Å². The SMILES string of the molecule is COC(=O)c1cc(CNC(=O)[C@H](Cc2ccccc2)NC(=O)OCc2ccccc2)ccc1OC. The summed E-state index contributed by atoms with van der Waals surface area (Å²) in [6, 6.07) is 22.7. The monoisotopic (exact) mass is 476 g/mol. The van der Waals surface area contributed by atoms with E-state index < -0.39 is 18.1 Å². The molecule has 0 bridgehead atoms. The molecule has 0 aliphatic heterocycles. The highest BCUT2D eigenvalue weighted by atomic mass is 16.5. The van der Waals surface area contributed by atoms with Crippen LogP contribution in [-0.4, -0.2) is 38.2 Å². The van der Waals surface area contributed by atoms with Crippen molar-refractivity contribution >= 4 is 18.0 Å². The molecule has 8 nitrogen and oxygen atoms in total. The normalized spacial score (nSPS) is 11.1. The van der Waals surface area contributed by atoms with Crippen molar-refractivity contribution in [2.75, 3.05) is 14.2 Å². The van der Waals surface area contributed by atoms with Gasteiger partial charge in [0.2, 0.25) is 5.91 Å². The zero-order valence-corrected chi connectivity index (χ0v) is 19.7. The lowest BCUT2D eigenvalue weighted by molar-refractivity contribution is -0.123. The highest BCUT2D eigenvalue weighted by molar-refractivity contribution is 5.92. The zero-order chi connectivity index (χ0) is 25.0. The molecule has 0 aliphatic carbocycles. The number of carbonyl (C=O) groups excluding carboxylic acids is 3. The molecule has 0 saturated carbocycles. The van der Waals surface area contributed by atoms with Gasteiger partial charge in [-0.15, -0.1) is 0 Å². The molecule has 3 aromatic carbocycles. The predicted octanol–water partition coefficient (Wildman–Crippen LogP) is 3.64. The second-order valence-corrected chi connectivity index (χ2v) is 7.69. The number of carbonyl (C=O) groups is 3. The molecule has 0 fully saturated rings. The number of rotatable bonds is 10. The highest BCUT2D eigenvalue weighted by Crippen LogP contribution is 2.21. The minimum Gasteiger partial charge on any atom is -0.496 e. The Morgan fingerprint density at radius 3 is 2.11 bits per heavy atom. The van der Waals surface area contributed by atoms with Crippen molar-refractivity contribution in [2.45, 2.75) is 25.6 Å². The van der Waals surface area contributed by atoms with Gasteiger partial charge in [0.25, 0.3) is 0 Å². The summed E-state index contributed by atoms with van der Waals surface area (Å²) in [5.74, 6) is -0.558. The smallest absolute Gasteiger partial charge is 0.408 e. The van der Waals surface area contributed by atoms with Gasteiger partial charge in [0, 0.05) is 13.0 Å². The summed E-state index contributed by atoms with van der Waals surface area (Å²) < 4.78 is 15.3. The maximum atomic E-state index is 13.0. The van der Waals surface area contributed by atoms with Crippen molar-refractivity contribution < 1.29 is 28.6 Å².